The molecular weight excluding hydrogens is 253 g/mol. The van der Waals surface area contributed by atoms with E-state index in [0.717, 1.165) is 0 Å². The number of nitrogens with two attached hydrogens (primary N) is 1. The van der Waals surface area contributed by atoms with Crippen molar-refractivity contribution < 1.29 is 4.39 Å². The molecule has 2 aromatic carbocycles. The molecule has 0 unspecified atom stereocenters. The van der Waals surface area contributed by atoms with Crippen LogP contribution in [-0.2, 0) is 0 Å². The molecule has 0 aliphatic heterocycles. The molecular formula is C13H9ClFN3. The Bertz CT molecular complexity index is 635. The van der Waals surface area contributed by atoms with Crippen molar-refractivity contribution in [1.82, 2.24) is 0 Å². The second kappa shape index (κ2) is 4.94. The lowest BCUT2D eigenvalue weighted by molar-refractivity contribution is 0.632. The summed E-state index contributed by atoms with van der Waals surface area (Å²) in [6.07, 6.45) is 0. The number of nitrogens with one attached hydrogen (secondary N) is 1. The highest BCUT2D eigenvalue weighted by Gasteiger charge is 2.06. The maximum Gasteiger partial charge on any atom is 0.148 e. The van der Waals surface area contributed by atoms with Crippen LogP contribution in [0.2, 0.25) is 5.02 Å². The summed E-state index contributed by atoms with van der Waals surface area (Å²) in [5, 5.41) is 12.0. The number of hydrogen-bond donors (Lipinski definition) is 2. The number of nitriles is 1. The van der Waals surface area contributed by atoms with E-state index < -0.39 is 5.82 Å². The Kier molecular flexibility index (Phi) is 3.35. The smallest absolute Gasteiger partial charge is 0.148 e. The van der Waals surface area contributed by atoms with Crippen LogP contribution in [0.15, 0.2) is 36.4 Å². The minimum absolute atomic E-state index is 0.251. The van der Waals surface area contributed by atoms with E-state index in [-0.39, 0.29) is 5.69 Å². The van der Waals surface area contributed by atoms with E-state index in [2.05, 4.69) is 5.32 Å². The van der Waals surface area contributed by atoms with Crippen LogP contribution in [0.5, 0.6) is 0 Å². The van der Waals surface area contributed by atoms with Gasteiger partial charge in [-0.2, -0.15) is 5.26 Å². The summed E-state index contributed by atoms with van der Waals surface area (Å²) < 4.78 is 13.6. The van der Waals surface area contributed by atoms with Gasteiger partial charge in [0.2, 0.25) is 0 Å². The molecule has 0 fully saturated rings. The van der Waals surface area contributed by atoms with Gasteiger partial charge in [0.25, 0.3) is 0 Å². The fourth-order valence-corrected chi connectivity index (χ4v) is 1.63. The van der Waals surface area contributed by atoms with Crippen molar-refractivity contribution in [3.63, 3.8) is 0 Å². The van der Waals surface area contributed by atoms with Crippen molar-refractivity contribution in [2.45, 2.75) is 0 Å². The molecule has 0 radical (unpaired) electrons. The number of rotatable bonds is 2. The highest BCUT2D eigenvalue weighted by molar-refractivity contribution is 6.33. The number of hydrogen-bond acceptors (Lipinski definition) is 3. The molecule has 3 N–H and O–H groups in total. The molecule has 18 heavy (non-hydrogen) atoms. The highest BCUT2D eigenvalue weighted by atomic mass is 35.5. The lowest BCUT2D eigenvalue weighted by atomic mass is 10.2. The summed E-state index contributed by atoms with van der Waals surface area (Å²) in [6, 6.07) is 11.0. The van der Waals surface area contributed by atoms with Crippen molar-refractivity contribution in [3.05, 3.63) is 52.8 Å². The molecule has 2 rings (SSSR count). The van der Waals surface area contributed by atoms with Gasteiger partial charge < -0.3 is 11.1 Å². The molecule has 0 aliphatic rings. The second-order valence-corrected chi connectivity index (χ2v) is 4.08. The molecule has 0 atom stereocenters. The van der Waals surface area contributed by atoms with Gasteiger partial charge in [0, 0.05) is 5.69 Å². The fraction of sp³-hybridized carbons (Fsp3) is 0. The van der Waals surface area contributed by atoms with E-state index in [0.29, 0.717) is 22.0 Å². The molecule has 0 saturated carbocycles. The summed E-state index contributed by atoms with van der Waals surface area (Å²) in [5.74, 6) is -0.478. The number of halogens is 2. The van der Waals surface area contributed by atoms with Crippen LogP contribution in [0.25, 0.3) is 0 Å². The van der Waals surface area contributed by atoms with Gasteiger partial charge in [-0.15, -0.1) is 0 Å². The normalized spacial score (nSPS) is 9.83. The van der Waals surface area contributed by atoms with Gasteiger partial charge in [0.05, 0.1) is 28.0 Å². The highest BCUT2D eigenvalue weighted by Crippen LogP contribution is 2.28. The summed E-state index contributed by atoms with van der Waals surface area (Å²) in [5.41, 5.74) is 6.97. The van der Waals surface area contributed by atoms with Crippen LogP contribution in [0.4, 0.5) is 21.5 Å². The van der Waals surface area contributed by atoms with Crippen LogP contribution < -0.4 is 11.1 Å². The van der Waals surface area contributed by atoms with Crippen LogP contribution in [-0.4, -0.2) is 0 Å². The number of anilines is 3. The Labute approximate surface area is 109 Å². The lowest BCUT2D eigenvalue weighted by Gasteiger charge is -2.10. The summed E-state index contributed by atoms with van der Waals surface area (Å²) >= 11 is 5.97. The van der Waals surface area contributed by atoms with E-state index in [1.165, 1.54) is 12.1 Å². The van der Waals surface area contributed by atoms with E-state index in [4.69, 9.17) is 22.6 Å². The predicted octanol–water partition coefficient (Wildman–Crippen LogP) is 3.68. The van der Waals surface area contributed by atoms with Gasteiger partial charge in [-0.25, -0.2) is 4.39 Å². The minimum atomic E-state index is -0.478. The molecule has 0 aliphatic carbocycles. The van der Waals surface area contributed by atoms with Gasteiger partial charge in [-0.3, -0.25) is 0 Å². The van der Waals surface area contributed by atoms with Gasteiger partial charge in [0.1, 0.15) is 5.82 Å². The Morgan fingerprint density at radius 1 is 1.17 bits per heavy atom. The first-order chi connectivity index (χ1) is 8.60. The first-order valence-corrected chi connectivity index (χ1v) is 5.49. The third kappa shape index (κ3) is 2.53. The molecule has 0 spiro atoms. The van der Waals surface area contributed by atoms with Crippen molar-refractivity contribution in [1.29, 1.82) is 5.26 Å². The summed E-state index contributed by atoms with van der Waals surface area (Å²) in [6.45, 7) is 0. The van der Waals surface area contributed by atoms with Crippen LogP contribution in [0.1, 0.15) is 5.56 Å². The Morgan fingerprint density at radius 2 is 1.94 bits per heavy atom. The monoisotopic (exact) mass is 261 g/mol. The second-order valence-electron chi connectivity index (χ2n) is 3.67. The molecule has 0 saturated heterocycles. The van der Waals surface area contributed by atoms with E-state index in [9.17, 15) is 4.39 Å². The molecule has 90 valence electrons. The van der Waals surface area contributed by atoms with Crippen LogP contribution in [0, 0.1) is 17.1 Å². The van der Waals surface area contributed by atoms with E-state index in [1.54, 1.807) is 24.3 Å². The molecule has 2 aromatic rings. The molecule has 3 nitrogen and oxygen atoms in total. The average Bonchev–Trinajstić information content (AvgIpc) is 2.35. The molecule has 0 bridgehead atoms. The van der Waals surface area contributed by atoms with E-state index >= 15 is 0 Å². The Morgan fingerprint density at radius 3 is 2.61 bits per heavy atom. The third-order valence-corrected chi connectivity index (χ3v) is 2.69. The molecule has 0 amide bonds. The predicted molar refractivity (Wildman–Crippen MR) is 70.3 cm³/mol. The van der Waals surface area contributed by atoms with Gasteiger partial charge >= 0.3 is 0 Å². The third-order valence-electron chi connectivity index (χ3n) is 2.36. The average molecular weight is 262 g/mol. The largest absolute Gasteiger partial charge is 0.399 e. The SMILES string of the molecule is N#Cc1ccc(Cl)c(Nc2ccc(N)cc2F)c1. The number of nitrogens with zero attached hydrogens (tertiary/aromatic N) is 1. The zero-order chi connectivity index (χ0) is 13.1. The van der Waals surface area contributed by atoms with Crippen LogP contribution in [0.3, 0.4) is 0 Å². The quantitative estimate of drug-likeness (QED) is 0.811. The maximum absolute atomic E-state index is 13.6. The molecule has 0 heterocycles. The fourth-order valence-electron chi connectivity index (χ4n) is 1.47. The van der Waals surface area contributed by atoms with Gasteiger partial charge in [-0.05, 0) is 36.4 Å². The van der Waals surface area contributed by atoms with Crippen molar-refractivity contribution in [2.75, 3.05) is 11.1 Å². The maximum atomic E-state index is 13.6. The first-order valence-electron chi connectivity index (χ1n) is 5.12. The zero-order valence-corrected chi connectivity index (χ0v) is 10.0. The lowest BCUT2D eigenvalue weighted by Crippen LogP contribution is -1.96. The molecule has 0 aromatic heterocycles. The standard InChI is InChI=1S/C13H9ClFN3/c14-10-3-1-8(7-16)5-13(10)18-12-4-2-9(17)6-11(12)15/h1-6,18H,17H2. The van der Waals surface area contributed by atoms with Gasteiger partial charge in [0.15, 0.2) is 0 Å². The minimum Gasteiger partial charge on any atom is -0.399 e. The summed E-state index contributed by atoms with van der Waals surface area (Å²) in [7, 11) is 0. The molecule has 5 heteroatoms. The Hall–Kier alpha value is -2.25. The summed E-state index contributed by atoms with van der Waals surface area (Å²) in [4.78, 5) is 0. The number of benzene rings is 2. The Balaban J connectivity index is 2.37. The van der Waals surface area contributed by atoms with Crippen molar-refractivity contribution >= 4 is 28.7 Å². The van der Waals surface area contributed by atoms with Crippen molar-refractivity contribution in [2.24, 2.45) is 0 Å². The number of nitrogen functional groups attached to an aromatic ring is 1. The van der Waals surface area contributed by atoms with Gasteiger partial charge in [-0.1, -0.05) is 11.6 Å². The van der Waals surface area contributed by atoms with Crippen molar-refractivity contribution in [3.8, 4) is 6.07 Å². The zero-order valence-electron chi connectivity index (χ0n) is 9.24. The first kappa shape index (κ1) is 12.2. The van der Waals surface area contributed by atoms with Crippen LogP contribution >= 0.6 is 11.6 Å². The topological polar surface area (TPSA) is 61.8 Å². The van der Waals surface area contributed by atoms with E-state index in [1.807, 2.05) is 6.07 Å².